The molecule has 0 aromatic carbocycles. The summed E-state index contributed by atoms with van der Waals surface area (Å²) in [6, 6.07) is 0. The van der Waals surface area contributed by atoms with Gasteiger partial charge in [0.05, 0.1) is 0 Å². The summed E-state index contributed by atoms with van der Waals surface area (Å²) in [4.78, 5) is 0. The van der Waals surface area contributed by atoms with Crippen LogP contribution in [-0.4, -0.2) is 0 Å². The van der Waals surface area contributed by atoms with Crippen LogP contribution in [0.15, 0.2) is 47.6 Å². The largest absolute Gasteiger partial charge is 0.0988 e. The fraction of sp³-hybridized carbons (Fsp3) is 0.556. The van der Waals surface area contributed by atoms with Gasteiger partial charge in [-0.15, -0.1) is 0 Å². The van der Waals surface area contributed by atoms with Crippen LogP contribution in [0.5, 0.6) is 0 Å². The van der Waals surface area contributed by atoms with Crippen molar-refractivity contribution in [2.24, 2.45) is 11.3 Å². The van der Waals surface area contributed by atoms with Gasteiger partial charge in [0.25, 0.3) is 0 Å². The Morgan fingerprint density at radius 3 is 2.78 bits per heavy atom. The average molecular weight is 242 g/mol. The molecule has 0 saturated heterocycles. The third-order valence-electron chi connectivity index (χ3n) is 4.77. The van der Waals surface area contributed by atoms with E-state index < -0.39 is 0 Å². The van der Waals surface area contributed by atoms with Crippen LogP contribution in [0, 0.1) is 11.3 Å². The van der Waals surface area contributed by atoms with Crippen LogP contribution >= 0.6 is 0 Å². The second-order valence-electron chi connectivity index (χ2n) is 5.80. The van der Waals surface area contributed by atoms with Crippen molar-refractivity contribution in [2.45, 2.75) is 52.9 Å². The minimum atomic E-state index is 0.288. The molecule has 2 rings (SSSR count). The Morgan fingerprint density at radius 2 is 2.22 bits per heavy atom. The van der Waals surface area contributed by atoms with Gasteiger partial charge >= 0.3 is 0 Å². The molecule has 0 spiro atoms. The smallest absolute Gasteiger partial charge is 0.00674 e. The molecule has 2 atom stereocenters. The van der Waals surface area contributed by atoms with Crippen molar-refractivity contribution in [2.75, 3.05) is 0 Å². The Labute approximate surface area is 112 Å². The van der Waals surface area contributed by atoms with E-state index in [2.05, 4.69) is 45.6 Å². The topological polar surface area (TPSA) is 0 Å². The molecule has 2 aliphatic rings. The van der Waals surface area contributed by atoms with Crippen molar-refractivity contribution in [1.29, 1.82) is 0 Å². The normalized spacial score (nSPS) is 31.7. The van der Waals surface area contributed by atoms with Crippen LogP contribution < -0.4 is 0 Å². The van der Waals surface area contributed by atoms with Crippen LogP contribution in [0.25, 0.3) is 0 Å². The highest BCUT2D eigenvalue weighted by Gasteiger charge is 2.30. The lowest BCUT2D eigenvalue weighted by molar-refractivity contribution is 0.398. The second kappa shape index (κ2) is 5.30. The molecule has 0 aromatic heterocycles. The molecule has 0 heterocycles. The third-order valence-corrected chi connectivity index (χ3v) is 4.77. The molecule has 0 bridgehead atoms. The maximum Gasteiger partial charge on any atom is 0.00674 e. The predicted octanol–water partition coefficient (Wildman–Crippen LogP) is 5.59. The molecule has 0 nitrogen and oxygen atoms in total. The SMILES string of the molecule is C=CC1=CC(/C=C\C2=C(C)C2CC)(CC)CCC1. The Hall–Kier alpha value is -1.04. The zero-order valence-electron chi connectivity index (χ0n) is 12.1. The summed E-state index contributed by atoms with van der Waals surface area (Å²) < 4.78 is 0. The molecule has 0 saturated carbocycles. The minimum Gasteiger partial charge on any atom is -0.0988 e. The summed E-state index contributed by atoms with van der Waals surface area (Å²) in [5.74, 6) is 0.779. The van der Waals surface area contributed by atoms with Gasteiger partial charge in [-0.3, -0.25) is 0 Å². The monoisotopic (exact) mass is 242 g/mol. The maximum atomic E-state index is 3.93. The Bertz CT molecular complexity index is 419. The van der Waals surface area contributed by atoms with Gasteiger partial charge < -0.3 is 0 Å². The van der Waals surface area contributed by atoms with Crippen molar-refractivity contribution in [3.05, 3.63) is 47.6 Å². The zero-order valence-corrected chi connectivity index (χ0v) is 12.1. The molecule has 2 unspecified atom stereocenters. The van der Waals surface area contributed by atoms with Crippen LogP contribution in [0.2, 0.25) is 0 Å². The van der Waals surface area contributed by atoms with Crippen molar-refractivity contribution in [3.63, 3.8) is 0 Å². The summed E-state index contributed by atoms with van der Waals surface area (Å²) in [5.41, 5.74) is 4.91. The predicted molar refractivity (Wildman–Crippen MR) is 80.5 cm³/mol. The summed E-state index contributed by atoms with van der Waals surface area (Å²) in [6.45, 7) is 10.8. The van der Waals surface area contributed by atoms with E-state index in [-0.39, 0.29) is 5.41 Å². The van der Waals surface area contributed by atoms with E-state index in [0.717, 1.165) is 5.92 Å². The van der Waals surface area contributed by atoms with Gasteiger partial charge in [0.15, 0.2) is 0 Å². The quantitative estimate of drug-likeness (QED) is 0.589. The first kappa shape index (κ1) is 13.4. The van der Waals surface area contributed by atoms with E-state index in [1.54, 1.807) is 11.1 Å². The van der Waals surface area contributed by atoms with E-state index in [0.29, 0.717) is 0 Å². The highest BCUT2D eigenvalue weighted by atomic mass is 14.4. The van der Waals surface area contributed by atoms with Crippen molar-refractivity contribution in [1.82, 2.24) is 0 Å². The third kappa shape index (κ3) is 2.53. The number of allylic oxidation sites excluding steroid dienone is 7. The molecular weight excluding hydrogens is 216 g/mol. The van der Waals surface area contributed by atoms with Crippen molar-refractivity contribution in [3.8, 4) is 0 Å². The fourth-order valence-corrected chi connectivity index (χ4v) is 3.27. The standard InChI is InChI=1S/C18H26/c1-5-15-9-8-11-18(7-3,13-15)12-10-17-14(4)16(17)6-2/h5,10,12-13,16H,1,6-9,11H2,2-4H3/b12-10-. The Kier molecular flexibility index (Phi) is 3.94. The van der Waals surface area contributed by atoms with E-state index in [9.17, 15) is 0 Å². The van der Waals surface area contributed by atoms with Crippen LogP contribution in [-0.2, 0) is 0 Å². The highest BCUT2D eigenvalue weighted by Crippen LogP contribution is 2.45. The van der Waals surface area contributed by atoms with Gasteiger partial charge in [0.2, 0.25) is 0 Å². The minimum absolute atomic E-state index is 0.288. The summed E-state index contributed by atoms with van der Waals surface area (Å²) >= 11 is 0. The first-order chi connectivity index (χ1) is 8.65. The molecular formula is C18H26. The maximum absolute atomic E-state index is 3.93. The van der Waals surface area contributed by atoms with E-state index >= 15 is 0 Å². The average Bonchev–Trinajstić information content (AvgIpc) is 3.06. The van der Waals surface area contributed by atoms with Gasteiger partial charge in [-0.25, -0.2) is 0 Å². The summed E-state index contributed by atoms with van der Waals surface area (Å²) in [5, 5.41) is 0. The number of hydrogen-bond acceptors (Lipinski definition) is 0. The van der Waals surface area contributed by atoms with Crippen LogP contribution in [0.3, 0.4) is 0 Å². The van der Waals surface area contributed by atoms with E-state index in [1.165, 1.54) is 37.7 Å². The first-order valence-corrected chi connectivity index (χ1v) is 7.40. The zero-order chi connectivity index (χ0) is 13.2. The molecule has 0 heteroatoms. The molecule has 0 aromatic rings. The molecule has 98 valence electrons. The molecule has 2 aliphatic carbocycles. The van der Waals surface area contributed by atoms with Crippen molar-refractivity contribution >= 4 is 0 Å². The molecule has 0 radical (unpaired) electrons. The lowest BCUT2D eigenvalue weighted by Crippen LogP contribution is -2.17. The van der Waals surface area contributed by atoms with E-state index in [1.807, 2.05) is 6.08 Å². The van der Waals surface area contributed by atoms with Gasteiger partial charge in [-0.1, -0.05) is 55.9 Å². The highest BCUT2D eigenvalue weighted by molar-refractivity contribution is 5.48. The van der Waals surface area contributed by atoms with Gasteiger partial charge in [0, 0.05) is 11.3 Å². The van der Waals surface area contributed by atoms with E-state index in [4.69, 9.17) is 0 Å². The van der Waals surface area contributed by atoms with Crippen LogP contribution in [0.4, 0.5) is 0 Å². The second-order valence-corrected chi connectivity index (χ2v) is 5.80. The fourth-order valence-electron chi connectivity index (χ4n) is 3.27. The lowest BCUT2D eigenvalue weighted by atomic mass is 9.74. The molecule has 0 fully saturated rings. The van der Waals surface area contributed by atoms with Crippen molar-refractivity contribution < 1.29 is 0 Å². The van der Waals surface area contributed by atoms with Gasteiger partial charge in [0.1, 0.15) is 0 Å². The van der Waals surface area contributed by atoms with Gasteiger partial charge in [-0.2, -0.15) is 0 Å². The molecule has 18 heavy (non-hydrogen) atoms. The Balaban J connectivity index is 2.14. The number of hydrogen-bond donors (Lipinski definition) is 0. The first-order valence-electron chi connectivity index (χ1n) is 7.40. The molecule has 0 N–H and O–H groups in total. The number of rotatable bonds is 5. The molecule has 0 aliphatic heterocycles. The van der Waals surface area contributed by atoms with Crippen LogP contribution in [0.1, 0.15) is 52.9 Å². The Morgan fingerprint density at radius 1 is 1.44 bits per heavy atom. The molecule has 0 amide bonds. The summed E-state index contributed by atoms with van der Waals surface area (Å²) in [7, 11) is 0. The lowest BCUT2D eigenvalue weighted by Gasteiger charge is -2.31. The van der Waals surface area contributed by atoms with Gasteiger partial charge in [-0.05, 0) is 44.6 Å². The summed E-state index contributed by atoms with van der Waals surface area (Å²) in [6.07, 6.45) is 15.6.